The van der Waals surface area contributed by atoms with E-state index in [4.69, 9.17) is 0 Å². The Balaban J connectivity index is 2.00. The maximum Gasteiger partial charge on any atom is 0.238 e. The molecule has 0 bridgehead atoms. The first kappa shape index (κ1) is 12.3. The Morgan fingerprint density at radius 3 is 2.63 bits per heavy atom. The molecule has 3 rings (SSSR count). The highest BCUT2D eigenvalue weighted by molar-refractivity contribution is 8.00. The highest BCUT2D eigenvalue weighted by Crippen LogP contribution is 2.41. The number of carbonyl (C=O) groups excluding carboxylic acids is 1. The van der Waals surface area contributed by atoms with Crippen LogP contribution in [0, 0.1) is 6.92 Å². The Labute approximate surface area is 117 Å². The first-order valence-corrected chi connectivity index (χ1v) is 7.36. The quantitative estimate of drug-likeness (QED) is 0.827. The van der Waals surface area contributed by atoms with Gasteiger partial charge in [0.25, 0.3) is 0 Å². The van der Waals surface area contributed by atoms with Crippen molar-refractivity contribution in [2.45, 2.75) is 12.3 Å². The van der Waals surface area contributed by atoms with E-state index >= 15 is 0 Å². The molecule has 19 heavy (non-hydrogen) atoms. The van der Waals surface area contributed by atoms with Gasteiger partial charge in [-0.05, 0) is 30.2 Å². The lowest BCUT2D eigenvalue weighted by molar-refractivity contribution is -0.115. The molecule has 3 heteroatoms. The van der Waals surface area contributed by atoms with Crippen LogP contribution < -0.4 is 4.90 Å². The fourth-order valence-corrected chi connectivity index (χ4v) is 3.52. The van der Waals surface area contributed by atoms with E-state index in [0.29, 0.717) is 5.75 Å². The van der Waals surface area contributed by atoms with Crippen molar-refractivity contribution >= 4 is 23.4 Å². The zero-order valence-corrected chi connectivity index (χ0v) is 11.6. The average molecular weight is 269 g/mol. The van der Waals surface area contributed by atoms with Crippen LogP contribution in [-0.2, 0) is 4.79 Å². The van der Waals surface area contributed by atoms with E-state index in [-0.39, 0.29) is 11.3 Å². The van der Waals surface area contributed by atoms with Crippen molar-refractivity contribution in [1.82, 2.24) is 0 Å². The van der Waals surface area contributed by atoms with Gasteiger partial charge in [0.05, 0.1) is 5.75 Å². The molecular formula is C16H15NOS. The molecule has 2 nitrogen and oxygen atoms in total. The van der Waals surface area contributed by atoms with Gasteiger partial charge in [-0.3, -0.25) is 9.69 Å². The molecule has 2 aromatic carbocycles. The van der Waals surface area contributed by atoms with Crippen LogP contribution in [-0.4, -0.2) is 11.7 Å². The van der Waals surface area contributed by atoms with Crippen molar-refractivity contribution in [2.75, 3.05) is 10.7 Å². The van der Waals surface area contributed by atoms with E-state index < -0.39 is 0 Å². The third-order valence-electron chi connectivity index (χ3n) is 3.23. The number of thioether (sulfide) groups is 1. The van der Waals surface area contributed by atoms with Crippen molar-refractivity contribution in [3.05, 3.63) is 65.7 Å². The first-order valence-electron chi connectivity index (χ1n) is 6.31. The lowest BCUT2D eigenvalue weighted by Crippen LogP contribution is -2.27. The fourth-order valence-electron chi connectivity index (χ4n) is 2.35. The van der Waals surface area contributed by atoms with Gasteiger partial charge in [-0.15, -0.1) is 11.8 Å². The van der Waals surface area contributed by atoms with Crippen LogP contribution in [0.5, 0.6) is 0 Å². The number of rotatable bonds is 2. The third kappa shape index (κ3) is 2.38. The van der Waals surface area contributed by atoms with Gasteiger partial charge in [-0.25, -0.2) is 0 Å². The van der Waals surface area contributed by atoms with Gasteiger partial charge in [0.15, 0.2) is 0 Å². The molecular weight excluding hydrogens is 254 g/mol. The summed E-state index contributed by atoms with van der Waals surface area (Å²) in [5, 5.41) is 0.0931. The van der Waals surface area contributed by atoms with E-state index in [1.807, 2.05) is 35.2 Å². The molecule has 1 heterocycles. The summed E-state index contributed by atoms with van der Waals surface area (Å²) in [7, 11) is 0. The van der Waals surface area contributed by atoms with Gasteiger partial charge in [0.1, 0.15) is 5.37 Å². The van der Waals surface area contributed by atoms with Crippen molar-refractivity contribution < 1.29 is 4.79 Å². The predicted molar refractivity (Wildman–Crippen MR) is 80.3 cm³/mol. The zero-order chi connectivity index (χ0) is 13.2. The van der Waals surface area contributed by atoms with E-state index in [1.165, 1.54) is 11.1 Å². The number of amides is 1. The van der Waals surface area contributed by atoms with E-state index in [9.17, 15) is 4.79 Å². The maximum atomic E-state index is 12.2. The predicted octanol–water partition coefficient (Wildman–Crippen LogP) is 3.77. The van der Waals surface area contributed by atoms with E-state index in [1.54, 1.807) is 11.8 Å². The van der Waals surface area contributed by atoms with Crippen LogP contribution >= 0.6 is 11.8 Å². The minimum atomic E-state index is 0.0931. The summed E-state index contributed by atoms with van der Waals surface area (Å²) >= 11 is 1.69. The van der Waals surface area contributed by atoms with Gasteiger partial charge >= 0.3 is 0 Å². The smallest absolute Gasteiger partial charge is 0.238 e. The summed E-state index contributed by atoms with van der Waals surface area (Å²) in [5.41, 5.74) is 3.35. The molecule has 1 amide bonds. The van der Waals surface area contributed by atoms with Crippen LogP contribution in [0.2, 0.25) is 0 Å². The summed E-state index contributed by atoms with van der Waals surface area (Å²) in [4.78, 5) is 14.1. The molecule has 1 aliphatic rings. The van der Waals surface area contributed by atoms with Crippen molar-refractivity contribution in [2.24, 2.45) is 0 Å². The molecule has 1 unspecified atom stereocenters. The van der Waals surface area contributed by atoms with Gasteiger partial charge in [-0.2, -0.15) is 0 Å². The van der Waals surface area contributed by atoms with Gasteiger partial charge in [0.2, 0.25) is 5.91 Å². The van der Waals surface area contributed by atoms with Crippen LogP contribution in [0.1, 0.15) is 16.5 Å². The number of carbonyl (C=O) groups is 1. The normalized spacial score (nSPS) is 18.9. The Morgan fingerprint density at radius 1 is 1.11 bits per heavy atom. The van der Waals surface area contributed by atoms with Crippen LogP contribution in [0.4, 0.5) is 5.69 Å². The molecule has 2 aromatic rings. The van der Waals surface area contributed by atoms with Gasteiger partial charge in [0, 0.05) is 5.69 Å². The molecule has 1 fully saturated rings. The van der Waals surface area contributed by atoms with Crippen LogP contribution in [0.25, 0.3) is 0 Å². The Morgan fingerprint density at radius 2 is 1.89 bits per heavy atom. The number of hydrogen-bond donors (Lipinski definition) is 0. The zero-order valence-electron chi connectivity index (χ0n) is 10.7. The monoisotopic (exact) mass is 269 g/mol. The maximum absolute atomic E-state index is 12.2. The molecule has 1 atom stereocenters. The molecule has 0 saturated carbocycles. The molecule has 1 saturated heterocycles. The lowest BCUT2D eigenvalue weighted by Gasteiger charge is -2.24. The minimum absolute atomic E-state index is 0.0931. The Kier molecular flexibility index (Phi) is 3.30. The largest absolute Gasteiger partial charge is 0.295 e. The second-order valence-electron chi connectivity index (χ2n) is 4.68. The van der Waals surface area contributed by atoms with Crippen molar-refractivity contribution in [1.29, 1.82) is 0 Å². The molecule has 0 N–H and O–H groups in total. The summed E-state index contributed by atoms with van der Waals surface area (Å²) < 4.78 is 0. The number of hydrogen-bond acceptors (Lipinski definition) is 2. The first-order chi connectivity index (χ1) is 9.25. The number of aryl methyl sites for hydroxylation is 1. The van der Waals surface area contributed by atoms with Gasteiger partial charge < -0.3 is 0 Å². The second-order valence-corrected chi connectivity index (χ2v) is 5.75. The van der Waals surface area contributed by atoms with Crippen molar-refractivity contribution in [3.63, 3.8) is 0 Å². The van der Waals surface area contributed by atoms with Crippen LogP contribution in [0.15, 0.2) is 54.6 Å². The van der Waals surface area contributed by atoms with E-state index in [2.05, 4.69) is 31.2 Å². The topological polar surface area (TPSA) is 20.3 Å². The number of nitrogens with zero attached hydrogens (tertiary/aromatic N) is 1. The highest BCUT2D eigenvalue weighted by atomic mass is 32.2. The third-order valence-corrected chi connectivity index (χ3v) is 4.44. The van der Waals surface area contributed by atoms with Crippen LogP contribution in [0.3, 0.4) is 0 Å². The highest BCUT2D eigenvalue weighted by Gasteiger charge is 2.33. The molecule has 0 aromatic heterocycles. The minimum Gasteiger partial charge on any atom is -0.295 e. The summed E-state index contributed by atoms with van der Waals surface area (Å²) in [5.74, 6) is 0.734. The molecule has 0 spiro atoms. The molecule has 0 aliphatic carbocycles. The van der Waals surface area contributed by atoms with E-state index in [0.717, 1.165) is 5.69 Å². The van der Waals surface area contributed by atoms with Crippen molar-refractivity contribution in [3.8, 4) is 0 Å². The molecule has 1 aliphatic heterocycles. The number of anilines is 1. The van der Waals surface area contributed by atoms with Gasteiger partial charge in [-0.1, -0.05) is 42.5 Å². The average Bonchev–Trinajstić information content (AvgIpc) is 2.82. The second kappa shape index (κ2) is 5.10. The summed E-state index contributed by atoms with van der Waals surface area (Å²) in [6.07, 6.45) is 0. The molecule has 0 radical (unpaired) electrons. The fraction of sp³-hybridized carbons (Fsp3) is 0.188. The summed E-state index contributed by atoms with van der Waals surface area (Å²) in [6.45, 7) is 2.05. The number of benzene rings is 2. The molecule has 96 valence electrons. The lowest BCUT2D eigenvalue weighted by atomic mass is 10.1. The Hall–Kier alpha value is -1.74. The standard InChI is InChI=1S/C16H15NOS/c1-12-6-5-9-14(10-12)17-15(18)11-19-16(17)13-7-3-2-4-8-13/h2-10,16H,11H2,1H3. The Bertz CT molecular complexity index is 597. The summed E-state index contributed by atoms with van der Waals surface area (Å²) in [6, 6.07) is 18.3. The SMILES string of the molecule is Cc1cccc(N2C(=O)CSC2c2ccccc2)c1.